The van der Waals surface area contributed by atoms with Gasteiger partial charge < -0.3 is 15.2 Å². The summed E-state index contributed by atoms with van der Waals surface area (Å²) in [5, 5.41) is 12.1. The monoisotopic (exact) mass is 320 g/mol. The molecule has 0 spiro atoms. The predicted molar refractivity (Wildman–Crippen MR) is 86.3 cm³/mol. The van der Waals surface area contributed by atoms with Crippen molar-refractivity contribution in [3.05, 3.63) is 29.8 Å². The fraction of sp³-hybridized carbons (Fsp3) is 0.529. The Balaban J connectivity index is 1.79. The molecule has 2 N–H and O–H groups in total. The summed E-state index contributed by atoms with van der Waals surface area (Å²) in [7, 11) is 1.60. The number of methoxy groups -OCH3 is 1. The third-order valence-electron chi connectivity index (χ3n) is 4.19. The van der Waals surface area contributed by atoms with Gasteiger partial charge in [-0.15, -0.1) is 0 Å². The Labute approximate surface area is 136 Å². The summed E-state index contributed by atoms with van der Waals surface area (Å²) in [6.07, 6.45) is 2.90. The quantitative estimate of drug-likeness (QED) is 0.798. The molecule has 1 amide bonds. The van der Waals surface area contributed by atoms with Crippen LogP contribution in [0, 0.1) is 0 Å². The van der Waals surface area contributed by atoms with Crippen LogP contribution in [0.2, 0.25) is 0 Å². The number of likely N-dealkylation sites (tertiary alicyclic amines) is 1. The number of carbonyl (C=O) groups excluding carboxylic acids is 1. The first-order valence-corrected chi connectivity index (χ1v) is 7.97. The van der Waals surface area contributed by atoms with Crippen LogP contribution in [-0.4, -0.2) is 48.1 Å². The van der Waals surface area contributed by atoms with E-state index in [-0.39, 0.29) is 5.91 Å². The molecular formula is C17H24N2O4. The molecule has 0 aliphatic carbocycles. The van der Waals surface area contributed by atoms with E-state index < -0.39 is 12.0 Å². The SMILES string of the molecule is COc1ccccc1CNC(=O)CCN1CCCC[C@@H]1C(=O)O. The van der Waals surface area contributed by atoms with Gasteiger partial charge in [0.25, 0.3) is 0 Å². The molecule has 1 saturated heterocycles. The normalized spacial score (nSPS) is 18.4. The molecule has 0 bridgehead atoms. The lowest BCUT2D eigenvalue weighted by Gasteiger charge is -2.32. The Morgan fingerprint density at radius 3 is 2.87 bits per heavy atom. The van der Waals surface area contributed by atoms with E-state index in [1.807, 2.05) is 29.2 Å². The van der Waals surface area contributed by atoms with E-state index in [2.05, 4.69) is 5.32 Å². The minimum absolute atomic E-state index is 0.0781. The molecule has 1 aromatic rings. The number of nitrogens with zero attached hydrogens (tertiary/aromatic N) is 1. The molecular weight excluding hydrogens is 296 g/mol. The number of ether oxygens (including phenoxy) is 1. The maximum absolute atomic E-state index is 12.0. The molecule has 1 atom stereocenters. The largest absolute Gasteiger partial charge is 0.496 e. The molecule has 6 nitrogen and oxygen atoms in total. The summed E-state index contributed by atoms with van der Waals surface area (Å²) in [6, 6.07) is 7.09. The molecule has 0 saturated carbocycles. The van der Waals surface area contributed by atoms with Crippen LogP contribution in [0.1, 0.15) is 31.2 Å². The third kappa shape index (κ3) is 4.96. The van der Waals surface area contributed by atoms with E-state index in [9.17, 15) is 14.7 Å². The summed E-state index contributed by atoms with van der Waals surface area (Å²) in [4.78, 5) is 25.1. The fourth-order valence-corrected chi connectivity index (χ4v) is 2.91. The van der Waals surface area contributed by atoms with Crippen molar-refractivity contribution in [1.82, 2.24) is 10.2 Å². The highest BCUT2D eigenvalue weighted by molar-refractivity contribution is 5.76. The maximum atomic E-state index is 12.0. The van der Waals surface area contributed by atoms with Crippen molar-refractivity contribution in [3.8, 4) is 5.75 Å². The smallest absolute Gasteiger partial charge is 0.320 e. The van der Waals surface area contributed by atoms with Gasteiger partial charge in [0, 0.05) is 25.1 Å². The van der Waals surface area contributed by atoms with Crippen molar-refractivity contribution in [1.29, 1.82) is 0 Å². The Kier molecular flexibility index (Phi) is 6.40. The lowest BCUT2D eigenvalue weighted by molar-refractivity contribution is -0.145. The molecule has 1 heterocycles. The zero-order valence-electron chi connectivity index (χ0n) is 13.5. The number of carbonyl (C=O) groups is 2. The molecule has 1 aromatic carbocycles. The Bertz CT molecular complexity index is 547. The number of hydrogen-bond acceptors (Lipinski definition) is 4. The van der Waals surface area contributed by atoms with Gasteiger partial charge >= 0.3 is 5.97 Å². The number of aliphatic carboxylic acids is 1. The zero-order chi connectivity index (χ0) is 16.7. The minimum atomic E-state index is -0.792. The Morgan fingerprint density at radius 2 is 2.13 bits per heavy atom. The number of piperidine rings is 1. The maximum Gasteiger partial charge on any atom is 0.320 e. The second-order valence-electron chi connectivity index (χ2n) is 5.72. The van der Waals surface area contributed by atoms with E-state index in [1.165, 1.54) is 0 Å². The highest BCUT2D eigenvalue weighted by atomic mass is 16.5. The van der Waals surface area contributed by atoms with Crippen LogP contribution in [0.25, 0.3) is 0 Å². The second-order valence-corrected chi connectivity index (χ2v) is 5.72. The zero-order valence-corrected chi connectivity index (χ0v) is 13.5. The molecule has 1 fully saturated rings. The van der Waals surface area contributed by atoms with Crippen LogP contribution in [0.4, 0.5) is 0 Å². The number of nitrogens with one attached hydrogen (secondary N) is 1. The van der Waals surface area contributed by atoms with Gasteiger partial charge in [0.15, 0.2) is 0 Å². The molecule has 6 heteroatoms. The highest BCUT2D eigenvalue weighted by Gasteiger charge is 2.28. The number of rotatable bonds is 7. The van der Waals surface area contributed by atoms with Crippen LogP contribution in [0.5, 0.6) is 5.75 Å². The van der Waals surface area contributed by atoms with E-state index in [4.69, 9.17) is 4.74 Å². The van der Waals surface area contributed by atoms with Crippen molar-refractivity contribution in [2.24, 2.45) is 0 Å². The van der Waals surface area contributed by atoms with Crippen LogP contribution < -0.4 is 10.1 Å². The predicted octanol–water partition coefficient (Wildman–Crippen LogP) is 1.64. The first-order chi connectivity index (χ1) is 11.1. The van der Waals surface area contributed by atoms with Crippen LogP contribution in [-0.2, 0) is 16.1 Å². The Hall–Kier alpha value is -2.08. The van der Waals surface area contributed by atoms with Gasteiger partial charge in [0.2, 0.25) is 5.91 Å². The van der Waals surface area contributed by atoms with Gasteiger partial charge in [0.1, 0.15) is 11.8 Å². The summed E-state index contributed by atoms with van der Waals surface area (Å²) in [6.45, 7) is 1.64. The summed E-state index contributed by atoms with van der Waals surface area (Å²) < 4.78 is 5.25. The number of amides is 1. The van der Waals surface area contributed by atoms with Crippen molar-refractivity contribution in [2.75, 3.05) is 20.2 Å². The highest BCUT2D eigenvalue weighted by Crippen LogP contribution is 2.18. The average molecular weight is 320 g/mol. The van der Waals surface area contributed by atoms with Crippen LogP contribution in [0.3, 0.4) is 0 Å². The standard InChI is InChI=1S/C17H24N2O4/c1-23-15-8-3-2-6-13(15)12-18-16(20)9-11-19-10-5-4-7-14(19)17(21)22/h2-3,6,8,14H,4-5,7,9-12H2,1H3,(H,18,20)(H,21,22)/t14-/m1/s1. The topological polar surface area (TPSA) is 78.9 Å². The van der Waals surface area contributed by atoms with Gasteiger partial charge in [-0.3, -0.25) is 14.5 Å². The molecule has 0 unspecified atom stereocenters. The first kappa shape index (κ1) is 17.3. The van der Waals surface area contributed by atoms with Gasteiger partial charge in [-0.2, -0.15) is 0 Å². The van der Waals surface area contributed by atoms with E-state index in [1.54, 1.807) is 7.11 Å². The van der Waals surface area contributed by atoms with Gasteiger partial charge in [-0.1, -0.05) is 24.6 Å². The summed E-state index contributed by atoms with van der Waals surface area (Å²) in [5.74, 6) is -0.125. The molecule has 0 radical (unpaired) electrons. The van der Waals surface area contributed by atoms with Crippen LogP contribution in [0.15, 0.2) is 24.3 Å². The number of carboxylic acids is 1. The number of benzene rings is 1. The Morgan fingerprint density at radius 1 is 1.35 bits per heavy atom. The second kappa shape index (κ2) is 8.53. The van der Waals surface area contributed by atoms with Gasteiger partial charge in [-0.05, 0) is 25.5 Å². The number of hydrogen-bond donors (Lipinski definition) is 2. The lowest BCUT2D eigenvalue weighted by Crippen LogP contribution is -2.45. The van der Waals surface area contributed by atoms with E-state index in [0.717, 1.165) is 30.7 Å². The number of carboxylic acid groups (broad SMARTS) is 1. The molecule has 1 aliphatic heterocycles. The molecule has 1 aliphatic rings. The summed E-state index contributed by atoms with van der Waals surface area (Å²) in [5.41, 5.74) is 0.921. The first-order valence-electron chi connectivity index (χ1n) is 7.97. The summed E-state index contributed by atoms with van der Waals surface area (Å²) >= 11 is 0. The van der Waals surface area contributed by atoms with E-state index in [0.29, 0.717) is 25.9 Å². The molecule has 2 rings (SSSR count). The van der Waals surface area contributed by atoms with E-state index >= 15 is 0 Å². The molecule has 126 valence electrons. The molecule has 0 aromatic heterocycles. The van der Waals surface area contributed by atoms with Gasteiger partial charge in [-0.25, -0.2) is 0 Å². The minimum Gasteiger partial charge on any atom is -0.496 e. The van der Waals surface area contributed by atoms with Crippen LogP contribution >= 0.6 is 0 Å². The van der Waals surface area contributed by atoms with Crippen molar-refractivity contribution in [2.45, 2.75) is 38.3 Å². The van der Waals surface area contributed by atoms with Crippen molar-refractivity contribution >= 4 is 11.9 Å². The molecule has 23 heavy (non-hydrogen) atoms. The van der Waals surface area contributed by atoms with Crippen molar-refractivity contribution in [3.63, 3.8) is 0 Å². The van der Waals surface area contributed by atoms with Gasteiger partial charge in [0.05, 0.1) is 7.11 Å². The lowest BCUT2D eigenvalue weighted by atomic mass is 10.0. The number of para-hydroxylation sites is 1. The fourth-order valence-electron chi connectivity index (χ4n) is 2.91. The average Bonchev–Trinajstić information content (AvgIpc) is 2.58. The van der Waals surface area contributed by atoms with Crippen molar-refractivity contribution < 1.29 is 19.4 Å². The third-order valence-corrected chi connectivity index (χ3v) is 4.19.